The highest BCUT2D eigenvalue weighted by Crippen LogP contribution is 2.23. The van der Waals surface area contributed by atoms with Gasteiger partial charge in [-0.3, -0.25) is 0 Å². The first kappa shape index (κ1) is 8.26. The zero-order valence-corrected chi connectivity index (χ0v) is 7.39. The highest BCUT2D eigenvalue weighted by molar-refractivity contribution is 5.85. The van der Waals surface area contributed by atoms with E-state index in [4.69, 9.17) is 5.73 Å². The van der Waals surface area contributed by atoms with Gasteiger partial charge in [-0.15, -0.1) is 0 Å². The van der Waals surface area contributed by atoms with E-state index >= 15 is 0 Å². The molecule has 0 amide bonds. The standard InChI is InChI=1S/C10H11FN2/c1-6-8(5-12)7-3-2-4-9(11)10(7)13-6/h2-4,13H,5,12H2,1H3. The smallest absolute Gasteiger partial charge is 0.147 e. The van der Waals surface area contributed by atoms with Crippen molar-refractivity contribution >= 4 is 10.9 Å². The van der Waals surface area contributed by atoms with Crippen molar-refractivity contribution < 1.29 is 4.39 Å². The van der Waals surface area contributed by atoms with Crippen molar-refractivity contribution in [3.63, 3.8) is 0 Å². The van der Waals surface area contributed by atoms with E-state index in [1.54, 1.807) is 6.07 Å². The molecule has 0 unspecified atom stereocenters. The largest absolute Gasteiger partial charge is 0.356 e. The summed E-state index contributed by atoms with van der Waals surface area (Å²) in [4.78, 5) is 2.99. The molecule has 0 spiro atoms. The van der Waals surface area contributed by atoms with Crippen LogP contribution in [0.15, 0.2) is 18.2 Å². The maximum absolute atomic E-state index is 13.2. The first-order chi connectivity index (χ1) is 6.24. The molecule has 1 heterocycles. The third-order valence-electron chi connectivity index (χ3n) is 2.31. The molecule has 2 rings (SSSR count). The molecule has 0 atom stereocenters. The van der Waals surface area contributed by atoms with Gasteiger partial charge in [0.1, 0.15) is 5.82 Å². The molecule has 0 saturated carbocycles. The van der Waals surface area contributed by atoms with Crippen LogP contribution in [0.3, 0.4) is 0 Å². The maximum Gasteiger partial charge on any atom is 0.147 e. The van der Waals surface area contributed by atoms with Gasteiger partial charge in [-0.25, -0.2) is 4.39 Å². The van der Waals surface area contributed by atoms with E-state index < -0.39 is 0 Å². The van der Waals surface area contributed by atoms with E-state index in [1.165, 1.54) is 6.07 Å². The predicted molar refractivity (Wildman–Crippen MR) is 50.9 cm³/mol. The first-order valence-electron chi connectivity index (χ1n) is 4.19. The summed E-state index contributed by atoms with van der Waals surface area (Å²) < 4.78 is 13.2. The summed E-state index contributed by atoms with van der Waals surface area (Å²) in [6.45, 7) is 2.34. The van der Waals surface area contributed by atoms with Gasteiger partial charge in [0.25, 0.3) is 0 Å². The zero-order chi connectivity index (χ0) is 9.42. The van der Waals surface area contributed by atoms with E-state index in [9.17, 15) is 4.39 Å². The van der Waals surface area contributed by atoms with Crippen LogP contribution in [0.2, 0.25) is 0 Å². The van der Waals surface area contributed by atoms with Gasteiger partial charge in [0.05, 0.1) is 5.52 Å². The second kappa shape index (κ2) is 2.85. The highest BCUT2D eigenvalue weighted by Gasteiger charge is 2.08. The Kier molecular flexibility index (Phi) is 1.81. The number of para-hydroxylation sites is 1. The second-order valence-electron chi connectivity index (χ2n) is 3.10. The molecule has 2 nitrogen and oxygen atoms in total. The summed E-state index contributed by atoms with van der Waals surface area (Å²) in [5, 5.41) is 0.889. The maximum atomic E-state index is 13.2. The average Bonchev–Trinajstić information content (AvgIpc) is 2.43. The Morgan fingerprint density at radius 3 is 2.92 bits per heavy atom. The molecule has 0 saturated heterocycles. The van der Waals surface area contributed by atoms with Crippen LogP contribution in [0.1, 0.15) is 11.3 Å². The van der Waals surface area contributed by atoms with E-state index in [0.717, 1.165) is 16.6 Å². The summed E-state index contributed by atoms with van der Waals surface area (Å²) in [6.07, 6.45) is 0. The van der Waals surface area contributed by atoms with Crippen LogP contribution in [0.25, 0.3) is 10.9 Å². The molecule has 2 aromatic rings. The summed E-state index contributed by atoms with van der Waals surface area (Å²) >= 11 is 0. The number of nitrogens with two attached hydrogens (primary N) is 1. The molecule has 1 aromatic carbocycles. The summed E-state index contributed by atoms with van der Waals surface area (Å²) in [6, 6.07) is 5.02. The van der Waals surface area contributed by atoms with Crippen molar-refractivity contribution in [3.05, 3.63) is 35.3 Å². The predicted octanol–water partition coefficient (Wildman–Crippen LogP) is 2.07. The average molecular weight is 178 g/mol. The zero-order valence-electron chi connectivity index (χ0n) is 7.39. The molecule has 3 heteroatoms. The minimum Gasteiger partial charge on any atom is -0.356 e. The molecule has 0 aliphatic rings. The number of aromatic nitrogens is 1. The number of aromatic amines is 1. The quantitative estimate of drug-likeness (QED) is 0.689. The van der Waals surface area contributed by atoms with Gasteiger partial charge in [-0.2, -0.15) is 0 Å². The van der Waals surface area contributed by atoms with E-state index in [2.05, 4.69) is 4.98 Å². The Bertz CT molecular complexity index is 445. The Morgan fingerprint density at radius 1 is 1.46 bits per heavy atom. The van der Waals surface area contributed by atoms with Gasteiger partial charge >= 0.3 is 0 Å². The third kappa shape index (κ3) is 1.12. The fourth-order valence-corrected chi connectivity index (χ4v) is 1.63. The molecular weight excluding hydrogens is 167 g/mol. The fourth-order valence-electron chi connectivity index (χ4n) is 1.63. The normalized spacial score (nSPS) is 11.0. The van der Waals surface area contributed by atoms with Crippen LogP contribution < -0.4 is 5.73 Å². The number of aryl methyl sites for hydroxylation is 1. The van der Waals surface area contributed by atoms with Crippen molar-refractivity contribution in [1.82, 2.24) is 4.98 Å². The van der Waals surface area contributed by atoms with Gasteiger partial charge in [-0.1, -0.05) is 12.1 Å². The van der Waals surface area contributed by atoms with Crippen LogP contribution in [0, 0.1) is 12.7 Å². The minimum absolute atomic E-state index is 0.222. The minimum atomic E-state index is -0.222. The number of nitrogens with one attached hydrogen (secondary N) is 1. The van der Waals surface area contributed by atoms with Crippen LogP contribution in [-0.2, 0) is 6.54 Å². The number of benzene rings is 1. The van der Waals surface area contributed by atoms with Crippen molar-refractivity contribution in [2.75, 3.05) is 0 Å². The van der Waals surface area contributed by atoms with Gasteiger partial charge in [0, 0.05) is 17.6 Å². The Hall–Kier alpha value is -1.35. The second-order valence-corrected chi connectivity index (χ2v) is 3.10. The number of fused-ring (bicyclic) bond motifs is 1. The van der Waals surface area contributed by atoms with Crippen molar-refractivity contribution in [2.45, 2.75) is 13.5 Å². The monoisotopic (exact) mass is 178 g/mol. The van der Waals surface area contributed by atoms with Gasteiger partial charge < -0.3 is 10.7 Å². The number of hydrogen-bond donors (Lipinski definition) is 2. The molecular formula is C10H11FN2. The van der Waals surface area contributed by atoms with Gasteiger partial charge in [0.15, 0.2) is 0 Å². The molecule has 1 aromatic heterocycles. The topological polar surface area (TPSA) is 41.8 Å². The molecule has 68 valence electrons. The van der Waals surface area contributed by atoms with Gasteiger partial charge in [0.2, 0.25) is 0 Å². The summed E-state index contributed by atoms with van der Waals surface area (Å²) in [5.41, 5.74) is 8.07. The summed E-state index contributed by atoms with van der Waals surface area (Å²) in [5.74, 6) is -0.222. The van der Waals surface area contributed by atoms with Crippen LogP contribution in [0.4, 0.5) is 4.39 Å². The first-order valence-corrected chi connectivity index (χ1v) is 4.19. The number of H-pyrrole nitrogens is 1. The Labute approximate surface area is 75.6 Å². The van der Waals surface area contributed by atoms with E-state index in [0.29, 0.717) is 12.1 Å². The molecule has 0 aliphatic heterocycles. The van der Waals surface area contributed by atoms with Crippen LogP contribution >= 0.6 is 0 Å². The number of rotatable bonds is 1. The molecule has 13 heavy (non-hydrogen) atoms. The summed E-state index contributed by atoms with van der Waals surface area (Å²) in [7, 11) is 0. The fraction of sp³-hybridized carbons (Fsp3) is 0.200. The lowest BCUT2D eigenvalue weighted by atomic mass is 10.1. The lowest BCUT2D eigenvalue weighted by Gasteiger charge is -1.94. The molecule has 0 radical (unpaired) electrons. The van der Waals surface area contributed by atoms with Crippen LogP contribution in [0.5, 0.6) is 0 Å². The van der Waals surface area contributed by atoms with Crippen molar-refractivity contribution in [2.24, 2.45) is 5.73 Å². The third-order valence-corrected chi connectivity index (χ3v) is 2.31. The molecule has 0 fully saturated rings. The Balaban J connectivity index is 2.86. The van der Waals surface area contributed by atoms with E-state index in [1.807, 2.05) is 13.0 Å². The Morgan fingerprint density at radius 2 is 2.23 bits per heavy atom. The van der Waals surface area contributed by atoms with Crippen molar-refractivity contribution in [1.29, 1.82) is 0 Å². The highest BCUT2D eigenvalue weighted by atomic mass is 19.1. The molecule has 0 aliphatic carbocycles. The SMILES string of the molecule is Cc1[nH]c2c(F)cccc2c1CN. The number of hydrogen-bond acceptors (Lipinski definition) is 1. The van der Waals surface area contributed by atoms with Crippen molar-refractivity contribution in [3.8, 4) is 0 Å². The molecule has 3 N–H and O–H groups in total. The molecule has 0 bridgehead atoms. The lowest BCUT2D eigenvalue weighted by molar-refractivity contribution is 0.637. The van der Waals surface area contributed by atoms with Gasteiger partial charge in [-0.05, 0) is 18.6 Å². The lowest BCUT2D eigenvalue weighted by Crippen LogP contribution is -1.96. The van der Waals surface area contributed by atoms with Crippen LogP contribution in [-0.4, -0.2) is 4.98 Å². The number of halogens is 1. The van der Waals surface area contributed by atoms with E-state index in [-0.39, 0.29) is 5.82 Å².